The number of hydrogen-bond donors (Lipinski definition) is 2. The SMILES string of the molecule is CC(CC1NC(=O)NC1=O)C(=O)N1CCC(c2ccccc2)CC1. The fourth-order valence-electron chi connectivity index (χ4n) is 3.55. The van der Waals surface area contributed by atoms with Gasteiger partial charge in [0.1, 0.15) is 6.04 Å². The molecule has 4 amide bonds. The Kier molecular flexibility index (Phi) is 4.83. The van der Waals surface area contributed by atoms with Crippen LogP contribution in [0.2, 0.25) is 0 Å². The Bertz CT molecular complexity index is 624. The zero-order valence-electron chi connectivity index (χ0n) is 13.8. The smallest absolute Gasteiger partial charge is 0.322 e. The summed E-state index contributed by atoms with van der Waals surface area (Å²) in [6.45, 7) is 3.31. The van der Waals surface area contributed by atoms with Crippen molar-refractivity contribution >= 4 is 17.8 Å². The molecule has 2 aliphatic heterocycles. The second-order valence-corrected chi connectivity index (χ2v) is 6.66. The molecule has 24 heavy (non-hydrogen) atoms. The second kappa shape index (κ2) is 7.03. The third kappa shape index (κ3) is 3.58. The Morgan fingerprint density at radius 3 is 2.46 bits per heavy atom. The van der Waals surface area contributed by atoms with Gasteiger partial charge in [0.25, 0.3) is 5.91 Å². The molecule has 6 heteroatoms. The van der Waals surface area contributed by atoms with Crippen LogP contribution in [0.4, 0.5) is 4.79 Å². The number of imide groups is 1. The lowest BCUT2D eigenvalue weighted by molar-refractivity contribution is -0.136. The van der Waals surface area contributed by atoms with Gasteiger partial charge in [-0.2, -0.15) is 0 Å². The molecule has 1 aromatic rings. The molecule has 3 rings (SSSR count). The molecule has 2 unspecified atom stereocenters. The largest absolute Gasteiger partial charge is 0.342 e. The van der Waals surface area contributed by atoms with Crippen molar-refractivity contribution in [3.05, 3.63) is 35.9 Å². The first kappa shape index (κ1) is 16.5. The van der Waals surface area contributed by atoms with E-state index in [1.54, 1.807) is 0 Å². The van der Waals surface area contributed by atoms with Crippen molar-refractivity contribution in [3.8, 4) is 0 Å². The van der Waals surface area contributed by atoms with Gasteiger partial charge < -0.3 is 10.2 Å². The van der Waals surface area contributed by atoms with Crippen LogP contribution in [0.3, 0.4) is 0 Å². The zero-order chi connectivity index (χ0) is 17.1. The van der Waals surface area contributed by atoms with E-state index in [9.17, 15) is 14.4 Å². The molecular formula is C18H23N3O3. The van der Waals surface area contributed by atoms with Crippen LogP contribution in [0, 0.1) is 5.92 Å². The predicted molar refractivity (Wildman–Crippen MR) is 89.2 cm³/mol. The van der Waals surface area contributed by atoms with Gasteiger partial charge in [0.05, 0.1) is 0 Å². The molecular weight excluding hydrogens is 306 g/mol. The summed E-state index contributed by atoms with van der Waals surface area (Å²) in [6, 6.07) is 9.33. The number of likely N-dealkylation sites (tertiary alicyclic amines) is 1. The molecule has 0 spiro atoms. The maximum absolute atomic E-state index is 12.6. The summed E-state index contributed by atoms with van der Waals surface area (Å²) in [5.74, 6) is -0.0595. The molecule has 0 aliphatic carbocycles. The Morgan fingerprint density at radius 1 is 1.21 bits per heavy atom. The van der Waals surface area contributed by atoms with Gasteiger partial charge in [-0.15, -0.1) is 0 Å². The average Bonchev–Trinajstić information content (AvgIpc) is 2.92. The number of nitrogens with zero attached hydrogens (tertiary/aromatic N) is 1. The Morgan fingerprint density at radius 2 is 1.88 bits per heavy atom. The first-order chi connectivity index (χ1) is 11.5. The Balaban J connectivity index is 1.51. The number of amides is 4. The molecule has 1 aromatic carbocycles. The number of hydrogen-bond acceptors (Lipinski definition) is 3. The van der Waals surface area contributed by atoms with Crippen molar-refractivity contribution in [1.82, 2.24) is 15.5 Å². The quantitative estimate of drug-likeness (QED) is 0.824. The standard InChI is InChI=1S/C18H23N3O3/c1-12(11-15-16(22)20-18(24)19-15)17(23)21-9-7-14(8-10-21)13-5-3-2-4-6-13/h2-6,12,14-15H,7-11H2,1H3,(H2,19,20,22,24). The van der Waals surface area contributed by atoms with Gasteiger partial charge in [-0.3, -0.25) is 14.9 Å². The van der Waals surface area contributed by atoms with E-state index in [0.717, 1.165) is 25.9 Å². The molecule has 2 heterocycles. The van der Waals surface area contributed by atoms with E-state index in [0.29, 0.717) is 12.3 Å². The van der Waals surface area contributed by atoms with E-state index < -0.39 is 12.1 Å². The van der Waals surface area contributed by atoms with Crippen molar-refractivity contribution < 1.29 is 14.4 Å². The molecule has 2 N–H and O–H groups in total. The summed E-state index contributed by atoms with van der Waals surface area (Å²) >= 11 is 0. The van der Waals surface area contributed by atoms with Gasteiger partial charge in [-0.1, -0.05) is 37.3 Å². The predicted octanol–water partition coefficient (Wildman–Crippen LogP) is 1.63. The lowest BCUT2D eigenvalue weighted by Gasteiger charge is -2.34. The molecule has 2 saturated heterocycles. The third-order valence-electron chi connectivity index (χ3n) is 4.95. The van der Waals surface area contributed by atoms with Crippen LogP contribution in [-0.4, -0.2) is 41.9 Å². The number of nitrogens with one attached hydrogen (secondary N) is 2. The minimum atomic E-state index is -0.599. The topological polar surface area (TPSA) is 78.5 Å². The van der Waals surface area contributed by atoms with Crippen molar-refractivity contribution in [2.75, 3.05) is 13.1 Å². The van der Waals surface area contributed by atoms with Gasteiger partial charge >= 0.3 is 6.03 Å². The number of carbonyl (C=O) groups is 3. The third-order valence-corrected chi connectivity index (χ3v) is 4.95. The van der Waals surface area contributed by atoms with Gasteiger partial charge in [0, 0.05) is 19.0 Å². The number of piperidine rings is 1. The highest BCUT2D eigenvalue weighted by atomic mass is 16.2. The number of rotatable bonds is 4. The molecule has 2 atom stereocenters. The minimum absolute atomic E-state index is 0.0652. The molecule has 0 bridgehead atoms. The highest BCUT2D eigenvalue weighted by Crippen LogP contribution is 2.28. The van der Waals surface area contributed by atoms with E-state index in [1.807, 2.05) is 17.9 Å². The highest BCUT2D eigenvalue weighted by Gasteiger charge is 2.34. The van der Waals surface area contributed by atoms with Crippen molar-refractivity contribution in [3.63, 3.8) is 0 Å². The van der Waals surface area contributed by atoms with E-state index in [1.165, 1.54) is 5.56 Å². The van der Waals surface area contributed by atoms with E-state index in [2.05, 4.69) is 34.9 Å². The Hall–Kier alpha value is -2.37. The average molecular weight is 329 g/mol. The minimum Gasteiger partial charge on any atom is -0.342 e. The van der Waals surface area contributed by atoms with Crippen LogP contribution in [0.1, 0.15) is 37.7 Å². The summed E-state index contributed by atoms with van der Waals surface area (Å²) < 4.78 is 0. The molecule has 128 valence electrons. The van der Waals surface area contributed by atoms with Crippen molar-refractivity contribution in [1.29, 1.82) is 0 Å². The van der Waals surface area contributed by atoms with Crippen LogP contribution in [0.15, 0.2) is 30.3 Å². The van der Waals surface area contributed by atoms with Crippen LogP contribution < -0.4 is 10.6 Å². The van der Waals surface area contributed by atoms with E-state index in [4.69, 9.17) is 0 Å². The number of carbonyl (C=O) groups excluding carboxylic acids is 3. The summed E-state index contributed by atoms with van der Waals surface area (Å²) in [7, 11) is 0. The van der Waals surface area contributed by atoms with Crippen LogP contribution in [0.5, 0.6) is 0 Å². The first-order valence-electron chi connectivity index (χ1n) is 8.49. The fourth-order valence-corrected chi connectivity index (χ4v) is 3.55. The molecule has 0 aromatic heterocycles. The summed E-state index contributed by atoms with van der Waals surface area (Å²) in [5, 5.41) is 4.75. The maximum Gasteiger partial charge on any atom is 0.322 e. The molecule has 2 aliphatic rings. The molecule has 2 fully saturated rings. The van der Waals surface area contributed by atoms with Crippen molar-refractivity contribution in [2.24, 2.45) is 5.92 Å². The summed E-state index contributed by atoms with van der Waals surface area (Å²) in [4.78, 5) is 37.2. The molecule has 0 radical (unpaired) electrons. The van der Waals surface area contributed by atoms with E-state index in [-0.39, 0.29) is 17.7 Å². The normalized spacial score (nSPS) is 22.9. The zero-order valence-corrected chi connectivity index (χ0v) is 13.8. The molecule has 0 saturated carbocycles. The van der Waals surface area contributed by atoms with Crippen LogP contribution >= 0.6 is 0 Å². The van der Waals surface area contributed by atoms with Crippen LogP contribution in [-0.2, 0) is 9.59 Å². The summed E-state index contributed by atoms with van der Waals surface area (Å²) in [6.07, 6.45) is 2.27. The fraction of sp³-hybridized carbons (Fsp3) is 0.500. The molecule has 6 nitrogen and oxygen atoms in total. The monoisotopic (exact) mass is 329 g/mol. The number of urea groups is 1. The van der Waals surface area contributed by atoms with E-state index >= 15 is 0 Å². The van der Waals surface area contributed by atoms with Crippen LogP contribution in [0.25, 0.3) is 0 Å². The van der Waals surface area contributed by atoms with Crippen molar-refractivity contribution in [2.45, 2.75) is 38.1 Å². The Labute approximate surface area is 141 Å². The second-order valence-electron chi connectivity index (χ2n) is 6.66. The van der Waals surface area contributed by atoms with Gasteiger partial charge in [0.2, 0.25) is 5.91 Å². The van der Waals surface area contributed by atoms with Gasteiger partial charge in [-0.05, 0) is 30.7 Å². The lowest BCUT2D eigenvalue weighted by atomic mass is 9.89. The summed E-state index contributed by atoms with van der Waals surface area (Å²) in [5.41, 5.74) is 1.34. The maximum atomic E-state index is 12.6. The van der Waals surface area contributed by atoms with Gasteiger partial charge in [0.15, 0.2) is 0 Å². The first-order valence-corrected chi connectivity index (χ1v) is 8.49. The highest BCUT2D eigenvalue weighted by molar-refractivity contribution is 6.04. The van der Waals surface area contributed by atoms with Gasteiger partial charge in [-0.25, -0.2) is 4.79 Å². The number of benzene rings is 1. The lowest BCUT2D eigenvalue weighted by Crippen LogP contribution is -2.43.